The first-order chi connectivity index (χ1) is 13.3. The molecular formula is C18H17Cl2N5O3. The molecular weight excluding hydrogens is 405 g/mol. The van der Waals surface area contributed by atoms with E-state index in [1.807, 2.05) is 0 Å². The van der Waals surface area contributed by atoms with Crippen molar-refractivity contribution in [2.75, 3.05) is 6.54 Å². The molecule has 0 spiro atoms. The van der Waals surface area contributed by atoms with Gasteiger partial charge in [-0.1, -0.05) is 48.0 Å². The molecule has 2 rings (SSSR count). The van der Waals surface area contributed by atoms with E-state index in [4.69, 9.17) is 23.2 Å². The number of para-hydroxylation sites is 1. The molecule has 0 radical (unpaired) electrons. The van der Waals surface area contributed by atoms with Crippen LogP contribution in [-0.2, 0) is 4.79 Å². The molecule has 0 saturated heterocycles. The molecule has 0 N–H and O–H groups in total. The molecule has 0 aliphatic heterocycles. The number of allylic oxidation sites excluding steroid dienone is 4. The van der Waals surface area contributed by atoms with Crippen LogP contribution in [0.25, 0.3) is 5.69 Å². The molecule has 0 atom stereocenters. The second-order valence-electron chi connectivity index (χ2n) is 5.56. The Hall–Kier alpha value is -2.97. The first-order valence-electron chi connectivity index (χ1n) is 8.12. The summed E-state index contributed by atoms with van der Waals surface area (Å²) in [6, 6.07) is 3.95. The Kier molecular flexibility index (Phi) is 7.08. The molecule has 10 heteroatoms. The van der Waals surface area contributed by atoms with Crippen LogP contribution in [0, 0.1) is 0 Å². The van der Waals surface area contributed by atoms with E-state index in [-0.39, 0.29) is 22.3 Å². The van der Waals surface area contributed by atoms with E-state index in [0.717, 1.165) is 4.68 Å². The third kappa shape index (κ3) is 4.47. The molecule has 1 aromatic carbocycles. The van der Waals surface area contributed by atoms with Crippen LogP contribution >= 0.6 is 23.2 Å². The van der Waals surface area contributed by atoms with E-state index in [9.17, 15) is 14.4 Å². The number of hydrogen-bond donors (Lipinski definition) is 0. The Bertz CT molecular complexity index is 1020. The Morgan fingerprint density at radius 2 is 1.93 bits per heavy atom. The second kappa shape index (κ2) is 9.29. The normalized spacial score (nSPS) is 11.6. The van der Waals surface area contributed by atoms with Crippen molar-refractivity contribution in [3.8, 4) is 5.69 Å². The third-order valence-corrected chi connectivity index (χ3v) is 4.25. The lowest BCUT2D eigenvalue weighted by Gasteiger charge is -2.19. The predicted molar refractivity (Wildman–Crippen MR) is 107 cm³/mol. The fourth-order valence-corrected chi connectivity index (χ4v) is 2.77. The Morgan fingerprint density at radius 1 is 1.29 bits per heavy atom. The monoisotopic (exact) mass is 421 g/mol. The number of likely N-dealkylation sites (N-methyl/N-ethyl adjacent to an activating group) is 1. The van der Waals surface area contributed by atoms with Gasteiger partial charge in [-0.2, -0.15) is 4.68 Å². The van der Waals surface area contributed by atoms with Crippen LogP contribution in [-0.4, -0.2) is 43.6 Å². The Labute approximate surface area is 170 Å². The average Bonchev–Trinajstić information content (AvgIpc) is 3.03. The number of tetrazole rings is 1. The van der Waals surface area contributed by atoms with Gasteiger partial charge in [-0.15, -0.1) is 4.68 Å². The number of hydrogen-bond acceptors (Lipinski definition) is 5. The quantitative estimate of drug-likeness (QED) is 0.309. The van der Waals surface area contributed by atoms with E-state index < -0.39 is 11.7 Å². The number of amides is 1. The van der Waals surface area contributed by atoms with Crippen molar-refractivity contribution in [3.05, 3.63) is 74.8 Å². The van der Waals surface area contributed by atoms with Crippen LogP contribution in [0.3, 0.4) is 0 Å². The number of nitrogens with zero attached hydrogens (tertiary/aromatic N) is 5. The van der Waals surface area contributed by atoms with Crippen molar-refractivity contribution in [1.82, 2.24) is 24.7 Å². The fraction of sp³-hybridized carbons (Fsp3) is 0.167. The van der Waals surface area contributed by atoms with Crippen LogP contribution in [0.1, 0.15) is 13.8 Å². The maximum atomic E-state index is 12.7. The van der Waals surface area contributed by atoms with Gasteiger partial charge in [0.05, 0.1) is 10.0 Å². The summed E-state index contributed by atoms with van der Waals surface area (Å²) in [5.74, 6) is 0. The molecule has 0 aliphatic rings. The lowest BCUT2D eigenvalue weighted by atomic mass is 10.3. The van der Waals surface area contributed by atoms with Crippen molar-refractivity contribution >= 4 is 35.5 Å². The van der Waals surface area contributed by atoms with Crippen LogP contribution in [0.5, 0.6) is 0 Å². The molecule has 0 unspecified atom stereocenters. The standard InChI is InChI=1S/C18H17Cl2N5O3/c1-4-23(13(3)8-5-7-12(2)11-26)17(27)25-18(28)24(21-22-25)16-14(19)9-6-10-15(16)20/h5-11H,3-4H2,1-2H3/b8-5-,12-7+. The highest BCUT2D eigenvalue weighted by molar-refractivity contribution is 6.37. The highest BCUT2D eigenvalue weighted by Gasteiger charge is 2.23. The first-order valence-corrected chi connectivity index (χ1v) is 8.87. The highest BCUT2D eigenvalue weighted by atomic mass is 35.5. The van der Waals surface area contributed by atoms with Gasteiger partial charge in [0.1, 0.15) is 12.0 Å². The van der Waals surface area contributed by atoms with E-state index in [2.05, 4.69) is 17.0 Å². The fourth-order valence-electron chi connectivity index (χ4n) is 2.21. The molecule has 146 valence electrons. The number of aromatic nitrogens is 4. The SMILES string of the molecule is C=C(/C=C\C=C(/C)C=O)N(CC)C(=O)n1nnn(-c2c(Cl)cccc2Cl)c1=O. The largest absolute Gasteiger partial charge is 0.377 e. The number of carbonyl (C=O) groups is 2. The maximum absolute atomic E-state index is 12.7. The van der Waals surface area contributed by atoms with Gasteiger partial charge >= 0.3 is 11.7 Å². The van der Waals surface area contributed by atoms with Crippen LogP contribution in [0.4, 0.5) is 4.79 Å². The minimum atomic E-state index is -0.827. The van der Waals surface area contributed by atoms with Crippen molar-refractivity contribution in [2.45, 2.75) is 13.8 Å². The summed E-state index contributed by atoms with van der Waals surface area (Å²) in [4.78, 5) is 37.2. The number of carbonyl (C=O) groups excluding carboxylic acids is 2. The minimum absolute atomic E-state index is 0.131. The lowest BCUT2D eigenvalue weighted by Crippen LogP contribution is -2.40. The van der Waals surface area contributed by atoms with Gasteiger partial charge in [-0.05, 0) is 48.1 Å². The molecule has 0 fully saturated rings. The van der Waals surface area contributed by atoms with Crippen LogP contribution in [0.15, 0.2) is 59.1 Å². The van der Waals surface area contributed by atoms with Gasteiger partial charge in [-0.3, -0.25) is 9.69 Å². The van der Waals surface area contributed by atoms with Gasteiger partial charge in [-0.25, -0.2) is 9.59 Å². The zero-order chi connectivity index (χ0) is 20.8. The van der Waals surface area contributed by atoms with Gasteiger partial charge in [0.25, 0.3) is 0 Å². The van der Waals surface area contributed by atoms with Crippen molar-refractivity contribution in [1.29, 1.82) is 0 Å². The molecule has 0 bridgehead atoms. The molecule has 28 heavy (non-hydrogen) atoms. The zero-order valence-corrected chi connectivity index (χ0v) is 16.7. The first kappa shape index (κ1) is 21.3. The van der Waals surface area contributed by atoms with Gasteiger partial charge in [0, 0.05) is 12.2 Å². The predicted octanol–water partition coefficient (Wildman–Crippen LogP) is 3.24. The number of benzene rings is 1. The summed E-state index contributed by atoms with van der Waals surface area (Å²) < 4.78 is 1.44. The zero-order valence-electron chi connectivity index (χ0n) is 15.2. The summed E-state index contributed by atoms with van der Waals surface area (Å²) in [6.45, 7) is 7.38. The van der Waals surface area contributed by atoms with Crippen molar-refractivity contribution in [2.24, 2.45) is 0 Å². The van der Waals surface area contributed by atoms with Crippen LogP contribution in [0.2, 0.25) is 10.0 Å². The number of rotatable bonds is 6. The number of halogens is 2. The van der Waals surface area contributed by atoms with E-state index in [0.29, 0.717) is 22.2 Å². The van der Waals surface area contributed by atoms with Gasteiger partial charge in [0.2, 0.25) is 0 Å². The van der Waals surface area contributed by atoms with E-state index in [1.165, 1.54) is 23.1 Å². The molecule has 0 aliphatic carbocycles. The summed E-state index contributed by atoms with van der Waals surface area (Å²) in [6.07, 6.45) is 5.38. The van der Waals surface area contributed by atoms with E-state index >= 15 is 0 Å². The van der Waals surface area contributed by atoms with Gasteiger partial charge in [0.15, 0.2) is 0 Å². The maximum Gasteiger partial charge on any atom is 0.377 e. The summed E-state index contributed by atoms with van der Waals surface area (Å²) in [7, 11) is 0. The molecule has 1 aromatic heterocycles. The van der Waals surface area contributed by atoms with Crippen molar-refractivity contribution in [3.63, 3.8) is 0 Å². The third-order valence-electron chi connectivity index (χ3n) is 3.64. The molecule has 1 amide bonds. The van der Waals surface area contributed by atoms with E-state index in [1.54, 1.807) is 32.1 Å². The Balaban J connectivity index is 2.36. The smallest absolute Gasteiger partial charge is 0.298 e. The summed E-state index contributed by atoms with van der Waals surface area (Å²) >= 11 is 12.2. The second-order valence-corrected chi connectivity index (χ2v) is 6.38. The molecule has 0 saturated carbocycles. The summed E-state index contributed by atoms with van der Waals surface area (Å²) in [5, 5.41) is 7.71. The number of aldehydes is 1. The van der Waals surface area contributed by atoms with Crippen LogP contribution < -0.4 is 5.69 Å². The van der Waals surface area contributed by atoms with Gasteiger partial charge < -0.3 is 0 Å². The lowest BCUT2D eigenvalue weighted by molar-refractivity contribution is -0.104. The Morgan fingerprint density at radius 3 is 2.50 bits per heavy atom. The molecule has 2 aromatic rings. The molecule has 8 nitrogen and oxygen atoms in total. The topological polar surface area (TPSA) is 90.1 Å². The summed E-state index contributed by atoms with van der Waals surface area (Å²) in [5.41, 5.74) is 0.118. The highest BCUT2D eigenvalue weighted by Crippen LogP contribution is 2.26. The minimum Gasteiger partial charge on any atom is -0.298 e. The average molecular weight is 422 g/mol. The molecule has 1 heterocycles. The van der Waals surface area contributed by atoms with Crippen molar-refractivity contribution < 1.29 is 9.59 Å².